The normalized spacial score (nSPS) is 11.4. The molecule has 0 N–H and O–H groups in total. The summed E-state index contributed by atoms with van der Waals surface area (Å²) in [6, 6.07) is 25.4. The molecule has 0 radical (unpaired) electrons. The summed E-state index contributed by atoms with van der Waals surface area (Å²) in [4.78, 5) is 4.80. The molecule has 5 aromatic rings. The third kappa shape index (κ3) is 2.28. The fraction of sp³-hybridized carbons (Fsp3) is 0.0455. The molecule has 0 aliphatic rings. The fourth-order valence-electron chi connectivity index (χ4n) is 3.36. The van der Waals surface area contributed by atoms with Crippen molar-refractivity contribution in [1.82, 2.24) is 4.98 Å². The van der Waals surface area contributed by atoms with Gasteiger partial charge in [-0.15, -0.1) is 11.3 Å². The molecule has 0 aliphatic carbocycles. The van der Waals surface area contributed by atoms with E-state index >= 15 is 0 Å². The van der Waals surface area contributed by atoms with Crippen LogP contribution in [0.25, 0.3) is 42.3 Å². The van der Waals surface area contributed by atoms with Crippen molar-refractivity contribution in [3.8, 4) is 16.3 Å². The van der Waals surface area contributed by atoms with Crippen LogP contribution in [0.2, 0.25) is 0 Å². The van der Waals surface area contributed by atoms with Crippen LogP contribution in [0.4, 0.5) is 0 Å². The average molecular weight is 341 g/mol. The van der Waals surface area contributed by atoms with Crippen LogP contribution in [0.5, 0.6) is 5.75 Å². The maximum absolute atomic E-state index is 5.82. The monoisotopic (exact) mass is 341 g/mol. The van der Waals surface area contributed by atoms with Gasteiger partial charge in [0.1, 0.15) is 10.8 Å². The molecule has 120 valence electrons. The third-order valence-electron chi connectivity index (χ3n) is 4.57. The Bertz CT molecular complexity index is 1210. The van der Waals surface area contributed by atoms with Gasteiger partial charge in [-0.1, -0.05) is 42.5 Å². The molecule has 0 saturated carbocycles. The van der Waals surface area contributed by atoms with Gasteiger partial charge >= 0.3 is 0 Å². The number of hydrogen-bond acceptors (Lipinski definition) is 3. The molecule has 5 rings (SSSR count). The standard InChI is InChI=1S/C22H15NOS/c1-24-21-17(22-23-19-8-4-5-9-20(19)25-22)11-10-16-12-14-6-2-3-7-15(14)13-18(16)21/h2-13H,1H3. The molecule has 1 heterocycles. The Balaban J connectivity index is 1.81. The summed E-state index contributed by atoms with van der Waals surface area (Å²) in [5.74, 6) is 0.891. The summed E-state index contributed by atoms with van der Waals surface area (Å²) < 4.78 is 7.02. The van der Waals surface area contributed by atoms with E-state index in [-0.39, 0.29) is 0 Å². The predicted molar refractivity (Wildman–Crippen MR) is 107 cm³/mol. The van der Waals surface area contributed by atoms with Gasteiger partial charge in [0, 0.05) is 5.39 Å². The minimum absolute atomic E-state index is 0.891. The van der Waals surface area contributed by atoms with Crippen LogP contribution >= 0.6 is 11.3 Å². The molecule has 0 spiro atoms. The van der Waals surface area contributed by atoms with Crippen LogP contribution < -0.4 is 4.74 Å². The van der Waals surface area contributed by atoms with E-state index in [0.717, 1.165) is 27.2 Å². The Morgan fingerprint density at radius 3 is 2.36 bits per heavy atom. The molecule has 1 aromatic heterocycles. The zero-order chi connectivity index (χ0) is 16.8. The van der Waals surface area contributed by atoms with Crippen LogP contribution in [-0.4, -0.2) is 12.1 Å². The highest BCUT2D eigenvalue weighted by Gasteiger charge is 2.14. The van der Waals surface area contributed by atoms with E-state index in [0.29, 0.717) is 0 Å². The number of nitrogens with zero attached hydrogens (tertiary/aromatic N) is 1. The van der Waals surface area contributed by atoms with Gasteiger partial charge in [-0.3, -0.25) is 0 Å². The zero-order valence-corrected chi connectivity index (χ0v) is 14.5. The summed E-state index contributed by atoms with van der Waals surface area (Å²) in [6.45, 7) is 0. The average Bonchev–Trinajstić information content (AvgIpc) is 3.09. The molecular formula is C22H15NOS. The first-order valence-electron chi connectivity index (χ1n) is 8.19. The van der Waals surface area contributed by atoms with Gasteiger partial charge in [0.2, 0.25) is 0 Å². The van der Waals surface area contributed by atoms with Crippen molar-refractivity contribution >= 4 is 43.1 Å². The Morgan fingerprint density at radius 2 is 1.56 bits per heavy atom. The first-order chi connectivity index (χ1) is 12.3. The van der Waals surface area contributed by atoms with Crippen molar-refractivity contribution in [3.63, 3.8) is 0 Å². The number of para-hydroxylation sites is 1. The van der Waals surface area contributed by atoms with Crippen molar-refractivity contribution in [3.05, 3.63) is 72.8 Å². The Labute approximate surface area is 149 Å². The first-order valence-corrected chi connectivity index (χ1v) is 9.00. The smallest absolute Gasteiger partial charge is 0.136 e. The van der Waals surface area contributed by atoms with E-state index in [2.05, 4.69) is 60.7 Å². The van der Waals surface area contributed by atoms with Crippen molar-refractivity contribution in [2.24, 2.45) is 0 Å². The lowest BCUT2D eigenvalue weighted by molar-refractivity contribution is 0.421. The van der Waals surface area contributed by atoms with E-state index in [9.17, 15) is 0 Å². The molecule has 25 heavy (non-hydrogen) atoms. The van der Waals surface area contributed by atoms with Gasteiger partial charge in [-0.2, -0.15) is 0 Å². The largest absolute Gasteiger partial charge is 0.495 e. The van der Waals surface area contributed by atoms with Gasteiger partial charge in [-0.25, -0.2) is 4.98 Å². The van der Waals surface area contributed by atoms with Gasteiger partial charge < -0.3 is 4.74 Å². The zero-order valence-electron chi connectivity index (χ0n) is 13.7. The number of fused-ring (bicyclic) bond motifs is 3. The summed E-state index contributed by atoms with van der Waals surface area (Å²) in [5.41, 5.74) is 2.08. The van der Waals surface area contributed by atoms with E-state index < -0.39 is 0 Å². The fourth-order valence-corrected chi connectivity index (χ4v) is 4.35. The van der Waals surface area contributed by atoms with Crippen LogP contribution in [0.3, 0.4) is 0 Å². The van der Waals surface area contributed by atoms with E-state index in [1.165, 1.54) is 20.9 Å². The second-order valence-electron chi connectivity index (χ2n) is 6.05. The Morgan fingerprint density at radius 1 is 0.800 bits per heavy atom. The van der Waals surface area contributed by atoms with Gasteiger partial charge in [0.25, 0.3) is 0 Å². The second kappa shape index (κ2) is 5.57. The van der Waals surface area contributed by atoms with Gasteiger partial charge in [-0.05, 0) is 46.5 Å². The van der Waals surface area contributed by atoms with Crippen LogP contribution in [-0.2, 0) is 0 Å². The lowest BCUT2D eigenvalue weighted by Crippen LogP contribution is -1.90. The predicted octanol–water partition coefficient (Wildman–Crippen LogP) is 6.28. The molecule has 2 nitrogen and oxygen atoms in total. The molecule has 0 amide bonds. The number of rotatable bonds is 2. The highest BCUT2D eigenvalue weighted by atomic mass is 32.1. The SMILES string of the molecule is COc1c(-c2nc3ccccc3s2)ccc2cc3ccccc3cc12. The lowest BCUT2D eigenvalue weighted by atomic mass is 10.0. The number of benzene rings is 4. The quantitative estimate of drug-likeness (QED) is 0.353. The highest BCUT2D eigenvalue weighted by Crippen LogP contribution is 2.41. The van der Waals surface area contributed by atoms with Crippen LogP contribution in [0.1, 0.15) is 0 Å². The minimum atomic E-state index is 0.891. The van der Waals surface area contributed by atoms with E-state index in [1.807, 2.05) is 12.1 Å². The number of ether oxygens (including phenoxy) is 1. The molecule has 0 fully saturated rings. The molecule has 4 aromatic carbocycles. The summed E-state index contributed by atoms with van der Waals surface area (Å²) in [6.07, 6.45) is 0. The molecule has 0 saturated heterocycles. The number of methoxy groups -OCH3 is 1. The minimum Gasteiger partial charge on any atom is -0.495 e. The van der Waals surface area contributed by atoms with E-state index in [1.54, 1.807) is 18.4 Å². The Hall–Kier alpha value is -2.91. The summed E-state index contributed by atoms with van der Waals surface area (Å²) in [5, 5.41) is 5.76. The van der Waals surface area contributed by atoms with Gasteiger partial charge in [0.15, 0.2) is 0 Å². The maximum atomic E-state index is 5.82. The molecule has 0 unspecified atom stereocenters. The van der Waals surface area contributed by atoms with E-state index in [4.69, 9.17) is 9.72 Å². The topological polar surface area (TPSA) is 22.1 Å². The number of thiazole rings is 1. The highest BCUT2D eigenvalue weighted by molar-refractivity contribution is 7.21. The first kappa shape index (κ1) is 14.4. The summed E-state index contributed by atoms with van der Waals surface area (Å²) >= 11 is 1.70. The second-order valence-corrected chi connectivity index (χ2v) is 7.08. The molecular weight excluding hydrogens is 326 g/mol. The molecule has 0 atom stereocenters. The van der Waals surface area contributed by atoms with Crippen molar-refractivity contribution in [2.45, 2.75) is 0 Å². The maximum Gasteiger partial charge on any atom is 0.136 e. The molecule has 0 bridgehead atoms. The number of hydrogen-bond donors (Lipinski definition) is 0. The molecule has 0 aliphatic heterocycles. The number of aromatic nitrogens is 1. The summed E-state index contributed by atoms with van der Waals surface area (Å²) in [7, 11) is 1.74. The van der Waals surface area contributed by atoms with Crippen molar-refractivity contribution in [2.75, 3.05) is 7.11 Å². The van der Waals surface area contributed by atoms with Crippen LogP contribution in [0.15, 0.2) is 72.8 Å². The van der Waals surface area contributed by atoms with Crippen molar-refractivity contribution < 1.29 is 4.74 Å². The Kier molecular flexibility index (Phi) is 3.22. The van der Waals surface area contributed by atoms with Gasteiger partial charge in [0.05, 0.1) is 22.9 Å². The van der Waals surface area contributed by atoms with Crippen LogP contribution in [0, 0.1) is 0 Å². The third-order valence-corrected chi connectivity index (χ3v) is 5.63. The lowest BCUT2D eigenvalue weighted by Gasteiger charge is -2.11. The molecule has 3 heteroatoms. The van der Waals surface area contributed by atoms with Crippen molar-refractivity contribution in [1.29, 1.82) is 0 Å².